The van der Waals surface area contributed by atoms with Crippen molar-refractivity contribution < 1.29 is 13.2 Å². The normalized spacial score (nSPS) is 18.5. The van der Waals surface area contributed by atoms with Crippen molar-refractivity contribution in [1.82, 2.24) is 14.3 Å². The van der Waals surface area contributed by atoms with Gasteiger partial charge in [0.15, 0.2) is 0 Å². The minimum Gasteiger partial charge on any atom is -0.495 e. The van der Waals surface area contributed by atoms with Crippen LogP contribution in [0.2, 0.25) is 0 Å². The predicted molar refractivity (Wildman–Crippen MR) is 103 cm³/mol. The van der Waals surface area contributed by atoms with E-state index < -0.39 is 10.0 Å². The number of benzene rings is 2. The first kappa shape index (κ1) is 17.5. The number of aromatic amines is 1. The summed E-state index contributed by atoms with van der Waals surface area (Å²) in [5, 5.41) is 0. The second-order valence-corrected chi connectivity index (χ2v) is 8.98. The molecule has 1 N–H and O–H groups in total. The summed E-state index contributed by atoms with van der Waals surface area (Å²) in [5.41, 5.74) is 1.75. The lowest BCUT2D eigenvalue weighted by atomic mass is 10.2. The highest BCUT2D eigenvalue weighted by atomic mass is 79.9. The van der Waals surface area contributed by atoms with Crippen molar-refractivity contribution in [2.45, 2.75) is 23.8 Å². The Kier molecular flexibility index (Phi) is 4.50. The van der Waals surface area contributed by atoms with Crippen LogP contribution in [-0.4, -0.2) is 36.3 Å². The zero-order valence-electron chi connectivity index (χ0n) is 14.1. The number of fused-ring (bicyclic) bond motifs is 1. The molecule has 0 spiro atoms. The SMILES string of the molecule is COc1ccc(Br)cc1S(=O)(=O)N1CCC[C@H]1c1nc2ccccc2[nH]1. The zero-order valence-corrected chi connectivity index (χ0v) is 16.5. The number of rotatable bonds is 4. The highest BCUT2D eigenvalue weighted by molar-refractivity contribution is 9.10. The maximum atomic E-state index is 13.3. The maximum Gasteiger partial charge on any atom is 0.247 e. The number of imidazole rings is 1. The minimum atomic E-state index is -3.72. The van der Waals surface area contributed by atoms with E-state index in [4.69, 9.17) is 4.74 Å². The lowest BCUT2D eigenvalue weighted by Crippen LogP contribution is -2.31. The van der Waals surface area contributed by atoms with E-state index in [9.17, 15) is 8.42 Å². The summed E-state index contributed by atoms with van der Waals surface area (Å²) >= 11 is 3.35. The fourth-order valence-electron chi connectivity index (χ4n) is 3.41. The predicted octanol–water partition coefficient (Wildman–Crippen LogP) is 3.86. The van der Waals surface area contributed by atoms with Crippen molar-refractivity contribution in [3.05, 3.63) is 52.8 Å². The fraction of sp³-hybridized carbons (Fsp3) is 0.278. The number of aromatic nitrogens is 2. The molecule has 0 radical (unpaired) electrons. The lowest BCUT2D eigenvalue weighted by Gasteiger charge is -2.23. The highest BCUT2D eigenvalue weighted by Crippen LogP contribution is 2.39. The highest BCUT2D eigenvalue weighted by Gasteiger charge is 2.39. The lowest BCUT2D eigenvalue weighted by molar-refractivity contribution is 0.374. The first-order valence-electron chi connectivity index (χ1n) is 8.31. The standard InChI is InChI=1S/C18H18BrN3O3S/c1-25-16-9-8-12(19)11-17(16)26(23,24)22-10-4-7-15(22)18-20-13-5-2-3-6-14(13)21-18/h2-3,5-6,8-9,11,15H,4,7,10H2,1H3,(H,20,21)/t15-/m0/s1. The maximum absolute atomic E-state index is 13.3. The van der Waals surface area contributed by atoms with Crippen LogP contribution in [0.4, 0.5) is 0 Å². The molecule has 6 nitrogen and oxygen atoms in total. The molecule has 4 rings (SSSR count). The van der Waals surface area contributed by atoms with Crippen LogP contribution < -0.4 is 4.74 Å². The van der Waals surface area contributed by atoms with Crippen LogP contribution in [0.3, 0.4) is 0 Å². The van der Waals surface area contributed by atoms with Crippen LogP contribution in [-0.2, 0) is 10.0 Å². The van der Waals surface area contributed by atoms with E-state index in [2.05, 4.69) is 25.9 Å². The molecule has 26 heavy (non-hydrogen) atoms. The number of para-hydroxylation sites is 2. The van der Waals surface area contributed by atoms with Gasteiger partial charge in [-0.3, -0.25) is 0 Å². The van der Waals surface area contributed by atoms with Crippen LogP contribution in [0.25, 0.3) is 11.0 Å². The average molecular weight is 436 g/mol. The molecule has 0 amide bonds. The van der Waals surface area contributed by atoms with Crippen molar-refractivity contribution in [3.8, 4) is 5.75 Å². The van der Waals surface area contributed by atoms with Crippen molar-refractivity contribution in [3.63, 3.8) is 0 Å². The molecule has 1 saturated heterocycles. The van der Waals surface area contributed by atoms with E-state index in [1.54, 1.807) is 18.2 Å². The van der Waals surface area contributed by atoms with Crippen molar-refractivity contribution in [2.75, 3.05) is 13.7 Å². The van der Waals surface area contributed by atoms with Gasteiger partial charge in [0, 0.05) is 11.0 Å². The first-order valence-corrected chi connectivity index (χ1v) is 10.5. The van der Waals surface area contributed by atoms with E-state index in [0.29, 0.717) is 22.6 Å². The Morgan fingerprint density at radius 2 is 2.08 bits per heavy atom. The van der Waals surface area contributed by atoms with Gasteiger partial charge in [0.05, 0.1) is 24.2 Å². The van der Waals surface area contributed by atoms with Gasteiger partial charge < -0.3 is 9.72 Å². The van der Waals surface area contributed by atoms with Crippen LogP contribution in [0.1, 0.15) is 24.7 Å². The third-order valence-electron chi connectivity index (χ3n) is 4.64. The van der Waals surface area contributed by atoms with Gasteiger partial charge in [-0.15, -0.1) is 0 Å². The Morgan fingerprint density at radius 3 is 2.85 bits per heavy atom. The molecule has 8 heteroatoms. The van der Waals surface area contributed by atoms with E-state index in [1.165, 1.54) is 11.4 Å². The third kappa shape index (κ3) is 2.91. The molecule has 2 heterocycles. The van der Waals surface area contributed by atoms with Crippen molar-refractivity contribution >= 4 is 37.0 Å². The number of nitrogens with one attached hydrogen (secondary N) is 1. The summed E-state index contributed by atoms with van der Waals surface area (Å²) < 4.78 is 34.2. The number of H-pyrrole nitrogens is 1. The van der Waals surface area contributed by atoms with Crippen molar-refractivity contribution in [2.24, 2.45) is 0 Å². The molecule has 0 unspecified atom stereocenters. The Labute approximate surface area is 160 Å². The summed E-state index contributed by atoms with van der Waals surface area (Å²) in [5.74, 6) is 1.02. The Morgan fingerprint density at radius 1 is 1.27 bits per heavy atom. The average Bonchev–Trinajstić information content (AvgIpc) is 3.28. The topological polar surface area (TPSA) is 75.3 Å². The molecule has 1 fully saturated rings. The third-order valence-corrected chi connectivity index (χ3v) is 7.06. The summed E-state index contributed by atoms with van der Waals surface area (Å²) in [6.07, 6.45) is 1.52. The molecule has 0 bridgehead atoms. The van der Waals surface area contributed by atoms with Gasteiger partial charge in [0.1, 0.15) is 16.5 Å². The van der Waals surface area contributed by atoms with Gasteiger partial charge in [-0.25, -0.2) is 13.4 Å². The molecule has 0 aliphatic carbocycles. The van der Waals surface area contributed by atoms with Crippen molar-refractivity contribution in [1.29, 1.82) is 0 Å². The van der Waals surface area contributed by atoms with Gasteiger partial charge in [0.25, 0.3) is 0 Å². The van der Waals surface area contributed by atoms with Crippen LogP contribution in [0.5, 0.6) is 5.75 Å². The Balaban J connectivity index is 1.77. The summed E-state index contributed by atoms with van der Waals surface area (Å²) in [6.45, 7) is 0.458. The van der Waals surface area contributed by atoms with Crippen LogP contribution >= 0.6 is 15.9 Å². The molecular formula is C18H18BrN3O3S. The van der Waals surface area contributed by atoms with E-state index in [1.807, 2.05) is 24.3 Å². The number of nitrogens with zero attached hydrogens (tertiary/aromatic N) is 2. The Bertz CT molecular complexity index is 1030. The number of hydrogen-bond acceptors (Lipinski definition) is 4. The molecule has 1 aliphatic heterocycles. The van der Waals surface area contributed by atoms with E-state index in [0.717, 1.165) is 23.9 Å². The monoisotopic (exact) mass is 435 g/mol. The van der Waals surface area contributed by atoms with Gasteiger partial charge in [-0.05, 0) is 43.2 Å². The summed E-state index contributed by atoms with van der Waals surface area (Å²) in [7, 11) is -2.25. The number of ether oxygens (including phenoxy) is 1. The van der Waals surface area contributed by atoms with Gasteiger partial charge >= 0.3 is 0 Å². The quantitative estimate of drug-likeness (QED) is 0.674. The number of methoxy groups -OCH3 is 1. The van der Waals surface area contributed by atoms with Crippen LogP contribution in [0.15, 0.2) is 51.8 Å². The molecule has 3 aromatic rings. The molecule has 1 aromatic heterocycles. The number of halogens is 1. The number of sulfonamides is 1. The second kappa shape index (κ2) is 6.68. The Hall–Kier alpha value is -1.90. The van der Waals surface area contributed by atoms with Gasteiger partial charge in [-0.2, -0.15) is 4.31 Å². The first-order chi connectivity index (χ1) is 12.5. The van der Waals surface area contributed by atoms with Crippen LogP contribution in [0, 0.1) is 0 Å². The molecule has 0 saturated carbocycles. The van der Waals surface area contributed by atoms with Gasteiger partial charge in [-0.1, -0.05) is 28.1 Å². The number of hydrogen-bond donors (Lipinski definition) is 1. The summed E-state index contributed by atoms with van der Waals surface area (Å²) in [4.78, 5) is 8.05. The largest absolute Gasteiger partial charge is 0.495 e. The smallest absolute Gasteiger partial charge is 0.247 e. The second-order valence-electron chi connectivity index (χ2n) is 6.21. The molecule has 1 atom stereocenters. The summed E-state index contributed by atoms with van der Waals surface area (Å²) in [6, 6.07) is 12.4. The molecule has 1 aliphatic rings. The molecule has 136 valence electrons. The zero-order chi connectivity index (χ0) is 18.3. The molecular weight excluding hydrogens is 418 g/mol. The van der Waals surface area contributed by atoms with Gasteiger partial charge in [0.2, 0.25) is 10.0 Å². The molecule has 2 aromatic carbocycles. The van der Waals surface area contributed by atoms with E-state index in [-0.39, 0.29) is 10.9 Å². The minimum absolute atomic E-state index is 0.164. The fourth-order valence-corrected chi connectivity index (χ4v) is 5.77. The van der Waals surface area contributed by atoms with E-state index >= 15 is 0 Å².